The maximum Gasteiger partial charge on any atom is 0.303 e. The second kappa shape index (κ2) is 4.56. The SMILES string of the molecule is CCOc1cccc(C2CC2CC(=O)O)c1. The zero-order chi connectivity index (χ0) is 11.5. The number of carbonyl (C=O) groups is 1. The molecule has 0 heterocycles. The lowest BCUT2D eigenvalue weighted by atomic mass is 10.1. The van der Waals surface area contributed by atoms with E-state index in [1.165, 1.54) is 5.56 Å². The van der Waals surface area contributed by atoms with Crippen molar-refractivity contribution in [2.45, 2.75) is 25.7 Å². The Bertz CT molecular complexity index is 387. The largest absolute Gasteiger partial charge is 0.494 e. The Kier molecular flexibility index (Phi) is 3.13. The lowest BCUT2D eigenvalue weighted by molar-refractivity contribution is -0.137. The highest BCUT2D eigenvalue weighted by molar-refractivity contribution is 5.67. The van der Waals surface area contributed by atoms with Crippen LogP contribution in [-0.4, -0.2) is 17.7 Å². The zero-order valence-electron chi connectivity index (χ0n) is 9.35. The molecule has 0 radical (unpaired) electrons. The van der Waals surface area contributed by atoms with Gasteiger partial charge in [0.1, 0.15) is 5.75 Å². The van der Waals surface area contributed by atoms with E-state index in [0.29, 0.717) is 18.4 Å². The van der Waals surface area contributed by atoms with Crippen LogP contribution in [0.25, 0.3) is 0 Å². The Labute approximate surface area is 95.0 Å². The van der Waals surface area contributed by atoms with Gasteiger partial charge in [-0.15, -0.1) is 0 Å². The second-order valence-electron chi connectivity index (χ2n) is 4.21. The van der Waals surface area contributed by atoms with Crippen LogP contribution in [0.2, 0.25) is 0 Å². The summed E-state index contributed by atoms with van der Waals surface area (Å²) in [7, 11) is 0. The van der Waals surface area contributed by atoms with E-state index in [1.807, 2.05) is 25.1 Å². The number of ether oxygens (including phenoxy) is 1. The molecule has 16 heavy (non-hydrogen) atoms. The Morgan fingerprint density at radius 1 is 1.56 bits per heavy atom. The molecule has 1 saturated carbocycles. The van der Waals surface area contributed by atoms with E-state index in [9.17, 15) is 4.79 Å². The highest BCUT2D eigenvalue weighted by atomic mass is 16.5. The molecule has 1 aliphatic rings. The highest BCUT2D eigenvalue weighted by Crippen LogP contribution is 2.49. The van der Waals surface area contributed by atoms with Crippen molar-refractivity contribution in [3.8, 4) is 5.75 Å². The molecule has 2 rings (SSSR count). The molecule has 0 aliphatic heterocycles. The standard InChI is InChI=1S/C13H16O3/c1-2-16-11-5-3-4-9(6-11)12-7-10(12)8-13(14)15/h3-6,10,12H,2,7-8H2,1H3,(H,14,15). The molecule has 1 aliphatic carbocycles. The fourth-order valence-electron chi connectivity index (χ4n) is 2.11. The monoisotopic (exact) mass is 220 g/mol. The van der Waals surface area contributed by atoms with Crippen LogP contribution in [0, 0.1) is 5.92 Å². The minimum atomic E-state index is -0.700. The van der Waals surface area contributed by atoms with E-state index >= 15 is 0 Å². The molecule has 86 valence electrons. The quantitative estimate of drug-likeness (QED) is 0.829. The van der Waals surface area contributed by atoms with Crippen molar-refractivity contribution in [3.05, 3.63) is 29.8 Å². The van der Waals surface area contributed by atoms with Gasteiger partial charge in [0.05, 0.1) is 6.61 Å². The Hall–Kier alpha value is -1.51. The third-order valence-corrected chi connectivity index (χ3v) is 2.96. The summed E-state index contributed by atoms with van der Waals surface area (Å²) < 4.78 is 5.42. The van der Waals surface area contributed by atoms with Gasteiger partial charge in [-0.05, 0) is 42.9 Å². The molecule has 0 amide bonds. The number of aliphatic carboxylic acids is 1. The van der Waals surface area contributed by atoms with Crippen LogP contribution in [0.5, 0.6) is 5.75 Å². The number of benzene rings is 1. The maximum atomic E-state index is 10.6. The minimum absolute atomic E-state index is 0.281. The molecule has 2 unspecified atom stereocenters. The van der Waals surface area contributed by atoms with Crippen LogP contribution in [0.3, 0.4) is 0 Å². The van der Waals surface area contributed by atoms with Crippen molar-refractivity contribution >= 4 is 5.97 Å². The van der Waals surface area contributed by atoms with Gasteiger partial charge in [0.2, 0.25) is 0 Å². The first-order valence-electron chi connectivity index (χ1n) is 5.65. The Morgan fingerprint density at radius 3 is 3.06 bits per heavy atom. The third-order valence-electron chi connectivity index (χ3n) is 2.96. The summed E-state index contributed by atoms with van der Waals surface area (Å²) in [5.74, 6) is 0.903. The number of hydrogen-bond acceptors (Lipinski definition) is 2. The van der Waals surface area contributed by atoms with E-state index in [4.69, 9.17) is 9.84 Å². The summed E-state index contributed by atoms with van der Waals surface area (Å²) >= 11 is 0. The molecule has 0 bridgehead atoms. The van der Waals surface area contributed by atoms with Crippen molar-refractivity contribution < 1.29 is 14.6 Å². The van der Waals surface area contributed by atoms with Gasteiger partial charge >= 0.3 is 5.97 Å². The molecule has 1 N–H and O–H groups in total. The van der Waals surface area contributed by atoms with Crippen LogP contribution in [0.1, 0.15) is 31.2 Å². The van der Waals surface area contributed by atoms with Gasteiger partial charge < -0.3 is 9.84 Å². The summed E-state index contributed by atoms with van der Waals surface area (Å²) in [4.78, 5) is 10.6. The summed E-state index contributed by atoms with van der Waals surface area (Å²) in [6.45, 7) is 2.61. The van der Waals surface area contributed by atoms with Crippen LogP contribution in [0.15, 0.2) is 24.3 Å². The second-order valence-corrected chi connectivity index (χ2v) is 4.21. The molecular formula is C13H16O3. The van der Waals surface area contributed by atoms with Gasteiger partial charge in [-0.3, -0.25) is 4.79 Å². The summed E-state index contributed by atoms with van der Waals surface area (Å²) in [5, 5.41) is 8.70. The first-order chi connectivity index (χ1) is 7.70. The molecule has 0 spiro atoms. The Balaban J connectivity index is 2.00. The van der Waals surface area contributed by atoms with E-state index in [1.54, 1.807) is 0 Å². The van der Waals surface area contributed by atoms with Gasteiger partial charge in [0.15, 0.2) is 0 Å². The summed E-state index contributed by atoms with van der Waals surface area (Å²) in [6.07, 6.45) is 1.27. The maximum absolute atomic E-state index is 10.6. The van der Waals surface area contributed by atoms with E-state index in [-0.39, 0.29) is 6.42 Å². The molecule has 3 nitrogen and oxygen atoms in total. The van der Waals surface area contributed by atoms with Crippen molar-refractivity contribution in [2.75, 3.05) is 6.61 Å². The first kappa shape index (κ1) is 11.0. The van der Waals surface area contributed by atoms with Crippen molar-refractivity contribution in [3.63, 3.8) is 0 Å². The number of hydrogen-bond donors (Lipinski definition) is 1. The third kappa shape index (κ3) is 2.54. The van der Waals surface area contributed by atoms with E-state index in [2.05, 4.69) is 6.07 Å². The van der Waals surface area contributed by atoms with Crippen LogP contribution in [-0.2, 0) is 4.79 Å². The van der Waals surface area contributed by atoms with Crippen molar-refractivity contribution in [1.82, 2.24) is 0 Å². The summed E-state index contributed by atoms with van der Waals surface area (Å²) in [6, 6.07) is 7.98. The lowest BCUT2D eigenvalue weighted by Gasteiger charge is -2.05. The minimum Gasteiger partial charge on any atom is -0.494 e. The van der Waals surface area contributed by atoms with Gasteiger partial charge in [0.25, 0.3) is 0 Å². The average Bonchev–Trinajstić information content (AvgIpc) is 2.97. The molecule has 3 heteroatoms. The van der Waals surface area contributed by atoms with E-state index < -0.39 is 5.97 Å². The highest BCUT2D eigenvalue weighted by Gasteiger charge is 2.39. The van der Waals surface area contributed by atoms with Gasteiger partial charge in [-0.25, -0.2) is 0 Å². The molecule has 0 aromatic heterocycles. The predicted octanol–water partition coefficient (Wildman–Crippen LogP) is 2.66. The topological polar surface area (TPSA) is 46.5 Å². The molecule has 0 saturated heterocycles. The van der Waals surface area contributed by atoms with Crippen molar-refractivity contribution in [1.29, 1.82) is 0 Å². The molecule has 1 fully saturated rings. The average molecular weight is 220 g/mol. The number of carboxylic acids is 1. The van der Waals surface area contributed by atoms with Crippen LogP contribution >= 0.6 is 0 Å². The molecule has 1 aromatic rings. The van der Waals surface area contributed by atoms with Gasteiger partial charge in [-0.1, -0.05) is 12.1 Å². The molecule has 1 aromatic carbocycles. The van der Waals surface area contributed by atoms with Crippen molar-refractivity contribution in [2.24, 2.45) is 5.92 Å². The normalized spacial score (nSPS) is 22.8. The first-order valence-corrected chi connectivity index (χ1v) is 5.65. The molecular weight excluding hydrogens is 204 g/mol. The number of carboxylic acid groups (broad SMARTS) is 1. The lowest BCUT2D eigenvalue weighted by Crippen LogP contribution is -1.97. The smallest absolute Gasteiger partial charge is 0.303 e. The predicted molar refractivity (Wildman–Crippen MR) is 60.7 cm³/mol. The summed E-state index contributed by atoms with van der Waals surface area (Å²) in [5.41, 5.74) is 1.21. The van der Waals surface area contributed by atoms with Crippen LogP contribution in [0.4, 0.5) is 0 Å². The zero-order valence-corrected chi connectivity index (χ0v) is 9.35. The fraction of sp³-hybridized carbons (Fsp3) is 0.462. The Morgan fingerprint density at radius 2 is 2.38 bits per heavy atom. The van der Waals surface area contributed by atoms with E-state index in [0.717, 1.165) is 12.2 Å². The van der Waals surface area contributed by atoms with Gasteiger partial charge in [-0.2, -0.15) is 0 Å². The molecule has 2 atom stereocenters. The van der Waals surface area contributed by atoms with Crippen LogP contribution < -0.4 is 4.74 Å². The van der Waals surface area contributed by atoms with Gasteiger partial charge in [0, 0.05) is 6.42 Å². The number of rotatable bonds is 5. The fourth-order valence-corrected chi connectivity index (χ4v) is 2.11.